The number of anilines is 2. The van der Waals surface area contributed by atoms with E-state index < -0.39 is 6.10 Å². The molecule has 1 aromatic heterocycles. The molecule has 2 aliphatic rings. The second-order valence-corrected chi connectivity index (χ2v) is 8.18. The molecule has 1 aliphatic carbocycles. The SMILES string of the molecule is CC1Oc2ccccc2N(CCC(=O)Nc2ncccc2OCC2CCCCC2)C1=O. The lowest BCUT2D eigenvalue weighted by Crippen LogP contribution is -2.45. The lowest BCUT2D eigenvalue weighted by Gasteiger charge is -2.32. The maximum atomic E-state index is 12.6. The number of rotatable bonds is 7. The second kappa shape index (κ2) is 9.81. The lowest BCUT2D eigenvalue weighted by atomic mass is 9.90. The molecule has 0 saturated heterocycles. The van der Waals surface area contributed by atoms with Gasteiger partial charge in [0.2, 0.25) is 5.91 Å². The van der Waals surface area contributed by atoms with Crippen molar-refractivity contribution in [1.29, 1.82) is 0 Å². The number of fused-ring (bicyclic) bond motifs is 1. The van der Waals surface area contributed by atoms with Crippen LogP contribution in [0.4, 0.5) is 11.5 Å². The number of amides is 2. The summed E-state index contributed by atoms with van der Waals surface area (Å²) in [5, 5.41) is 2.84. The summed E-state index contributed by atoms with van der Waals surface area (Å²) in [6, 6.07) is 11.0. The van der Waals surface area contributed by atoms with E-state index >= 15 is 0 Å². The monoisotopic (exact) mass is 423 g/mol. The van der Waals surface area contributed by atoms with Gasteiger partial charge in [0.05, 0.1) is 12.3 Å². The van der Waals surface area contributed by atoms with E-state index in [1.165, 1.54) is 32.1 Å². The molecule has 1 N–H and O–H groups in total. The largest absolute Gasteiger partial charge is 0.489 e. The van der Waals surface area contributed by atoms with Gasteiger partial charge in [0.1, 0.15) is 5.75 Å². The zero-order valence-corrected chi connectivity index (χ0v) is 17.9. The van der Waals surface area contributed by atoms with Crippen molar-refractivity contribution in [3.8, 4) is 11.5 Å². The number of nitrogens with zero attached hydrogens (tertiary/aromatic N) is 2. The Morgan fingerprint density at radius 3 is 2.84 bits per heavy atom. The van der Waals surface area contributed by atoms with E-state index in [9.17, 15) is 9.59 Å². The number of aromatic nitrogens is 1. The molecule has 31 heavy (non-hydrogen) atoms. The van der Waals surface area contributed by atoms with Crippen molar-refractivity contribution < 1.29 is 19.1 Å². The number of hydrogen-bond acceptors (Lipinski definition) is 5. The van der Waals surface area contributed by atoms with Crippen LogP contribution >= 0.6 is 0 Å². The van der Waals surface area contributed by atoms with Crippen molar-refractivity contribution in [3.63, 3.8) is 0 Å². The highest BCUT2D eigenvalue weighted by molar-refractivity contribution is 6.00. The van der Waals surface area contributed by atoms with E-state index in [-0.39, 0.29) is 24.8 Å². The first kappa shape index (κ1) is 21.2. The number of para-hydroxylation sites is 2. The highest BCUT2D eigenvalue weighted by atomic mass is 16.5. The van der Waals surface area contributed by atoms with E-state index in [4.69, 9.17) is 9.47 Å². The van der Waals surface area contributed by atoms with Gasteiger partial charge in [-0.3, -0.25) is 9.59 Å². The van der Waals surface area contributed by atoms with Gasteiger partial charge in [-0.2, -0.15) is 0 Å². The van der Waals surface area contributed by atoms with E-state index in [1.54, 1.807) is 24.1 Å². The Balaban J connectivity index is 1.35. The third kappa shape index (κ3) is 5.16. The Kier molecular flexibility index (Phi) is 6.70. The van der Waals surface area contributed by atoms with Crippen LogP contribution in [0.1, 0.15) is 45.4 Å². The zero-order valence-electron chi connectivity index (χ0n) is 17.9. The summed E-state index contributed by atoms with van der Waals surface area (Å²) in [5.74, 6) is 1.85. The lowest BCUT2D eigenvalue weighted by molar-refractivity contribution is -0.125. The number of carbonyl (C=O) groups is 2. The maximum absolute atomic E-state index is 12.6. The summed E-state index contributed by atoms with van der Waals surface area (Å²) < 4.78 is 11.6. The van der Waals surface area contributed by atoms with Gasteiger partial charge >= 0.3 is 0 Å². The van der Waals surface area contributed by atoms with E-state index in [0.717, 1.165) is 0 Å². The Labute approximate surface area is 182 Å². The van der Waals surface area contributed by atoms with Crippen LogP contribution in [0, 0.1) is 5.92 Å². The molecule has 0 bridgehead atoms. The van der Waals surface area contributed by atoms with Gasteiger partial charge in [-0.1, -0.05) is 31.4 Å². The Morgan fingerprint density at radius 1 is 1.19 bits per heavy atom. The van der Waals surface area contributed by atoms with Crippen LogP contribution in [0.15, 0.2) is 42.6 Å². The molecule has 2 aromatic rings. The van der Waals surface area contributed by atoms with Crippen LogP contribution in [0.25, 0.3) is 0 Å². The van der Waals surface area contributed by atoms with Crippen molar-refractivity contribution >= 4 is 23.3 Å². The van der Waals surface area contributed by atoms with Crippen LogP contribution in [-0.4, -0.2) is 36.1 Å². The first-order valence-electron chi connectivity index (χ1n) is 11.1. The molecule has 1 atom stereocenters. The molecule has 4 rings (SSSR count). The molecule has 2 heterocycles. The maximum Gasteiger partial charge on any atom is 0.267 e. The summed E-state index contributed by atoms with van der Waals surface area (Å²) in [6.07, 6.45) is 7.40. The van der Waals surface area contributed by atoms with E-state index in [0.29, 0.717) is 35.5 Å². The van der Waals surface area contributed by atoms with Crippen molar-refractivity contribution in [2.75, 3.05) is 23.4 Å². The number of ether oxygens (including phenoxy) is 2. The molecule has 1 unspecified atom stereocenters. The highest BCUT2D eigenvalue weighted by Crippen LogP contribution is 2.33. The van der Waals surface area contributed by atoms with E-state index in [2.05, 4.69) is 10.3 Å². The topological polar surface area (TPSA) is 80.8 Å². The summed E-state index contributed by atoms with van der Waals surface area (Å²) in [4.78, 5) is 31.1. The quantitative estimate of drug-likeness (QED) is 0.722. The average molecular weight is 424 g/mol. The van der Waals surface area contributed by atoms with Crippen LogP contribution in [0.3, 0.4) is 0 Å². The molecule has 0 radical (unpaired) electrons. The molecule has 2 amide bonds. The predicted molar refractivity (Wildman–Crippen MR) is 118 cm³/mol. The van der Waals surface area contributed by atoms with Gasteiger partial charge in [0, 0.05) is 19.2 Å². The normalized spacial score (nSPS) is 18.8. The predicted octanol–water partition coefficient (Wildman–Crippen LogP) is 4.18. The van der Waals surface area contributed by atoms with Crippen molar-refractivity contribution in [1.82, 2.24) is 4.98 Å². The third-order valence-corrected chi connectivity index (χ3v) is 5.86. The summed E-state index contributed by atoms with van der Waals surface area (Å²) >= 11 is 0. The van der Waals surface area contributed by atoms with Crippen LogP contribution in [0.2, 0.25) is 0 Å². The van der Waals surface area contributed by atoms with Crippen LogP contribution < -0.4 is 19.7 Å². The Bertz CT molecular complexity index is 927. The fourth-order valence-corrected chi connectivity index (χ4v) is 4.16. The fraction of sp³-hybridized carbons (Fsp3) is 0.458. The minimum Gasteiger partial charge on any atom is -0.489 e. The molecular weight excluding hydrogens is 394 g/mol. The Hall–Kier alpha value is -3.09. The molecule has 164 valence electrons. The number of hydrogen-bond donors (Lipinski definition) is 1. The van der Waals surface area contributed by atoms with Crippen LogP contribution in [0.5, 0.6) is 11.5 Å². The summed E-state index contributed by atoms with van der Waals surface area (Å²) in [6.45, 7) is 2.63. The van der Waals surface area contributed by atoms with Crippen molar-refractivity contribution in [2.24, 2.45) is 5.92 Å². The molecular formula is C24H29N3O4. The number of nitrogens with one attached hydrogen (secondary N) is 1. The first-order chi connectivity index (χ1) is 15.1. The van der Waals surface area contributed by atoms with Crippen molar-refractivity contribution in [3.05, 3.63) is 42.6 Å². The average Bonchev–Trinajstić information content (AvgIpc) is 2.79. The van der Waals surface area contributed by atoms with Crippen LogP contribution in [-0.2, 0) is 9.59 Å². The molecule has 7 heteroatoms. The van der Waals surface area contributed by atoms with Gasteiger partial charge in [-0.05, 0) is 49.9 Å². The zero-order chi connectivity index (χ0) is 21.6. The number of pyridine rings is 1. The number of carbonyl (C=O) groups excluding carboxylic acids is 2. The molecule has 0 spiro atoms. The Morgan fingerprint density at radius 2 is 2.00 bits per heavy atom. The van der Waals surface area contributed by atoms with Gasteiger partial charge in [-0.25, -0.2) is 4.98 Å². The smallest absolute Gasteiger partial charge is 0.267 e. The second-order valence-electron chi connectivity index (χ2n) is 8.18. The van der Waals surface area contributed by atoms with Gasteiger partial charge in [0.25, 0.3) is 5.91 Å². The summed E-state index contributed by atoms with van der Waals surface area (Å²) in [5.41, 5.74) is 0.688. The first-order valence-corrected chi connectivity index (χ1v) is 11.1. The standard InChI is InChI=1S/C24H29N3O4/c1-17-24(29)27(19-10-5-6-11-20(19)31-17)15-13-22(28)26-23-21(12-7-14-25-23)30-16-18-8-3-2-4-9-18/h5-7,10-12,14,17-18H,2-4,8-9,13,15-16H2,1H3,(H,25,26,28). The third-order valence-electron chi connectivity index (χ3n) is 5.86. The summed E-state index contributed by atoms with van der Waals surface area (Å²) in [7, 11) is 0. The molecule has 7 nitrogen and oxygen atoms in total. The molecule has 1 aromatic carbocycles. The molecule has 1 aliphatic heterocycles. The van der Waals surface area contributed by atoms with E-state index in [1.807, 2.05) is 30.3 Å². The minimum atomic E-state index is -0.575. The molecule has 1 fully saturated rings. The van der Waals surface area contributed by atoms with Crippen molar-refractivity contribution in [2.45, 2.75) is 51.6 Å². The number of benzene rings is 1. The molecule has 1 saturated carbocycles. The van der Waals surface area contributed by atoms with Gasteiger partial charge in [0.15, 0.2) is 17.7 Å². The highest BCUT2D eigenvalue weighted by Gasteiger charge is 2.31. The van der Waals surface area contributed by atoms with Gasteiger partial charge in [-0.15, -0.1) is 0 Å². The minimum absolute atomic E-state index is 0.144. The van der Waals surface area contributed by atoms with Gasteiger partial charge < -0.3 is 19.7 Å². The fourth-order valence-electron chi connectivity index (χ4n) is 4.16.